The van der Waals surface area contributed by atoms with Crippen LogP contribution in [0.2, 0.25) is 0 Å². The molecule has 1 rings (SSSR count). The molecular formula is C13H17F2NO2. The number of carbonyl (C=O) groups is 1. The van der Waals surface area contributed by atoms with Crippen LogP contribution in [0, 0.1) is 11.6 Å². The second kappa shape index (κ2) is 5.44. The molecule has 1 aromatic rings. The van der Waals surface area contributed by atoms with Crippen LogP contribution in [0.4, 0.5) is 8.78 Å². The molecule has 18 heavy (non-hydrogen) atoms. The van der Waals surface area contributed by atoms with Crippen LogP contribution in [0.15, 0.2) is 18.2 Å². The van der Waals surface area contributed by atoms with Crippen LogP contribution in [-0.4, -0.2) is 18.6 Å². The van der Waals surface area contributed by atoms with Crippen molar-refractivity contribution in [1.29, 1.82) is 0 Å². The van der Waals surface area contributed by atoms with Crippen molar-refractivity contribution in [2.45, 2.75) is 32.4 Å². The van der Waals surface area contributed by atoms with Crippen molar-refractivity contribution in [2.75, 3.05) is 7.05 Å². The summed E-state index contributed by atoms with van der Waals surface area (Å²) in [6, 6.07) is 1.94. The first-order chi connectivity index (χ1) is 8.24. The van der Waals surface area contributed by atoms with Gasteiger partial charge < -0.3 is 10.1 Å². The highest BCUT2D eigenvalue weighted by Crippen LogP contribution is 2.21. The van der Waals surface area contributed by atoms with E-state index in [9.17, 15) is 13.6 Å². The summed E-state index contributed by atoms with van der Waals surface area (Å²) in [5.74, 6) is -1.90. The highest BCUT2D eigenvalue weighted by molar-refractivity contribution is 5.78. The maximum absolute atomic E-state index is 13.6. The third-order valence-corrected chi connectivity index (χ3v) is 2.20. The zero-order chi connectivity index (χ0) is 13.9. The second-order valence-electron chi connectivity index (χ2n) is 4.92. The van der Waals surface area contributed by atoms with Gasteiger partial charge in [0.2, 0.25) is 0 Å². The number of esters is 1. The summed E-state index contributed by atoms with van der Waals surface area (Å²) in [6.07, 6.45) is 0. The van der Waals surface area contributed by atoms with E-state index in [1.54, 1.807) is 20.8 Å². The molecular weight excluding hydrogens is 240 g/mol. The first-order valence-electron chi connectivity index (χ1n) is 5.59. The summed E-state index contributed by atoms with van der Waals surface area (Å²) < 4.78 is 31.8. The normalized spacial score (nSPS) is 13.2. The number of hydrogen-bond donors (Lipinski definition) is 1. The minimum atomic E-state index is -1.03. The molecule has 0 amide bonds. The molecule has 0 heterocycles. The van der Waals surface area contributed by atoms with Gasteiger partial charge in [-0.3, -0.25) is 0 Å². The van der Waals surface area contributed by atoms with Crippen LogP contribution in [0.5, 0.6) is 0 Å². The van der Waals surface area contributed by atoms with Gasteiger partial charge in [0.05, 0.1) is 0 Å². The standard InChI is InChI=1S/C13H17F2NO2/c1-13(2,3)18-12(17)11(16-4)9-7-8(14)5-6-10(9)15/h5-7,11,16H,1-4H3. The number of nitrogens with one attached hydrogen (secondary N) is 1. The fourth-order valence-corrected chi connectivity index (χ4v) is 1.50. The number of ether oxygens (including phenoxy) is 1. The van der Waals surface area contributed by atoms with E-state index in [4.69, 9.17) is 4.74 Å². The topological polar surface area (TPSA) is 38.3 Å². The predicted molar refractivity (Wildman–Crippen MR) is 64.0 cm³/mol. The molecule has 0 radical (unpaired) electrons. The first-order valence-corrected chi connectivity index (χ1v) is 5.59. The molecule has 0 aliphatic heterocycles. The predicted octanol–water partition coefficient (Wildman–Crippen LogP) is 2.57. The van der Waals surface area contributed by atoms with Gasteiger partial charge in [0, 0.05) is 5.56 Å². The van der Waals surface area contributed by atoms with Crippen molar-refractivity contribution in [3.8, 4) is 0 Å². The summed E-state index contributed by atoms with van der Waals surface area (Å²) in [7, 11) is 1.49. The molecule has 5 heteroatoms. The van der Waals surface area contributed by atoms with E-state index in [1.807, 2.05) is 0 Å². The average molecular weight is 257 g/mol. The molecule has 0 aliphatic rings. The van der Waals surface area contributed by atoms with Crippen molar-refractivity contribution in [3.63, 3.8) is 0 Å². The van der Waals surface area contributed by atoms with Gasteiger partial charge in [0.1, 0.15) is 23.3 Å². The molecule has 1 aromatic carbocycles. The molecule has 0 fully saturated rings. The van der Waals surface area contributed by atoms with Gasteiger partial charge in [-0.05, 0) is 46.0 Å². The lowest BCUT2D eigenvalue weighted by Crippen LogP contribution is -2.34. The Balaban J connectivity index is 3.02. The van der Waals surface area contributed by atoms with Crippen LogP contribution in [-0.2, 0) is 9.53 Å². The summed E-state index contributed by atoms with van der Waals surface area (Å²) in [6.45, 7) is 5.12. The largest absolute Gasteiger partial charge is 0.459 e. The van der Waals surface area contributed by atoms with Crippen molar-refractivity contribution in [2.24, 2.45) is 0 Å². The Bertz CT molecular complexity index is 441. The van der Waals surface area contributed by atoms with E-state index in [0.717, 1.165) is 18.2 Å². The molecule has 100 valence electrons. The number of hydrogen-bond acceptors (Lipinski definition) is 3. The summed E-state index contributed by atoms with van der Waals surface area (Å²) >= 11 is 0. The third-order valence-electron chi connectivity index (χ3n) is 2.20. The minimum Gasteiger partial charge on any atom is -0.459 e. The number of halogens is 2. The number of rotatable bonds is 3. The monoisotopic (exact) mass is 257 g/mol. The van der Waals surface area contributed by atoms with Crippen molar-refractivity contribution < 1.29 is 18.3 Å². The van der Waals surface area contributed by atoms with Crippen molar-refractivity contribution in [1.82, 2.24) is 5.32 Å². The van der Waals surface area contributed by atoms with Gasteiger partial charge in [-0.2, -0.15) is 0 Å². The molecule has 0 aromatic heterocycles. The van der Waals surface area contributed by atoms with E-state index in [0.29, 0.717) is 0 Å². The number of carbonyl (C=O) groups excluding carboxylic acids is 1. The Morgan fingerprint density at radius 1 is 1.33 bits per heavy atom. The molecule has 0 aliphatic carbocycles. The Morgan fingerprint density at radius 3 is 2.44 bits per heavy atom. The summed E-state index contributed by atoms with van der Waals surface area (Å²) in [4.78, 5) is 11.9. The third kappa shape index (κ3) is 3.77. The van der Waals surface area contributed by atoms with E-state index in [2.05, 4.69) is 5.32 Å². The number of likely N-dealkylation sites (N-methyl/N-ethyl adjacent to an activating group) is 1. The smallest absolute Gasteiger partial charge is 0.328 e. The minimum absolute atomic E-state index is 0.0632. The Kier molecular flexibility index (Phi) is 4.40. The van der Waals surface area contributed by atoms with Crippen LogP contribution in [0.1, 0.15) is 32.4 Å². The Hall–Kier alpha value is -1.49. The van der Waals surface area contributed by atoms with Gasteiger partial charge >= 0.3 is 5.97 Å². The molecule has 0 bridgehead atoms. The Labute approximate surface area is 105 Å². The van der Waals surface area contributed by atoms with E-state index >= 15 is 0 Å². The van der Waals surface area contributed by atoms with Gasteiger partial charge in [-0.15, -0.1) is 0 Å². The molecule has 1 atom stereocenters. The molecule has 0 saturated heterocycles. The van der Waals surface area contributed by atoms with Gasteiger partial charge in [0.15, 0.2) is 0 Å². The van der Waals surface area contributed by atoms with E-state index in [-0.39, 0.29) is 5.56 Å². The van der Waals surface area contributed by atoms with Gasteiger partial charge in [-0.25, -0.2) is 13.6 Å². The van der Waals surface area contributed by atoms with Crippen LogP contribution in [0.25, 0.3) is 0 Å². The Morgan fingerprint density at radius 2 is 1.94 bits per heavy atom. The SMILES string of the molecule is CNC(C(=O)OC(C)(C)C)c1cc(F)ccc1F. The van der Waals surface area contributed by atoms with E-state index in [1.165, 1.54) is 7.05 Å². The van der Waals surface area contributed by atoms with Crippen LogP contribution < -0.4 is 5.32 Å². The highest BCUT2D eigenvalue weighted by atomic mass is 19.1. The zero-order valence-corrected chi connectivity index (χ0v) is 10.9. The lowest BCUT2D eigenvalue weighted by molar-refractivity contribution is -0.157. The van der Waals surface area contributed by atoms with Crippen molar-refractivity contribution >= 4 is 5.97 Å². The second-order valence-corrected chi connectivity index (χ2v) is 4.92. The zero-order valence-electron chi connectivity index (χ0n) is 10.9. The number of benzene rings is 1. The molecule has 0 spiro atoms. The highest BCUT2D eigenvalue weighted by Gasteiger charge is 2.27. The van der Waals surface area contributed by atoms with Gasteiger partial charge in [-0.1, -0.05) is 0 Å². The van der Waals surface area contributed by atoms with Crippen molar-refractivity contribution in [3.05, 3.63) is 35.4 Å². The first kappa shape index (κ1) is 14.6. The van der Waals surface area contributed by atoms with Crippen LogP contribution >= 0.6 is 0 Å². The van der Waals surface area contributed by atoms with Gasteiger partial charge in [0.25, 0.3) is 0 Å². The fraction of sp³-hybridized carbons (Fsp3) is 0.462. The maximum atomic E-state index is 13.6. The summed E-state index contributed by atoms with van der Waals surface area (Å²) in [5, 5.41) is 2.63. The average Bonchev–Trinajstić information content (AvgIpc) is 2.21. The lowest BCUT2D eigenvalue weighted by Gasteiger charge is -2.24. The van der Waals surface area contributed by atoms with Crippen LogP contribution in [0.3, 0.4) is 0 Å². The lowest BCUT2D eigenvalue weighted by atomic mass is 10.1. The summed E-state index contributed by atoms with van der Waals surface area (Å²) in [5.41, 5.74) is -0.748. The molecule has 0 saturated carbocycles. The quantitative estimate of drug-likeness (QED) is 0.846. The fourth-order valence-electron chi connectivity index (χ4n) is 1.50. The molecule has 3 nitrogen and oxygen atoms in total. The maximum Gasteiger partial charge on any atom is 0.328 e. The molecule has 1 unspecified atom stereocenters. The molecule has 1 N–H and O–H groups in total. The van der Waals surface area contributed by atoms with E-state index < -0.39 is 29.2 Å².